The minimum atomic E-state index is -0.395. The molecule has 26 heavy (non-hydrogen) atoms. The maximum absolute atomic E-state index is 12.4. The Balaban J connectivity index is 1.58. The highest BCUT2D eigenvalue weighted by Gasteiger charge is 2.23. The summed E-state index contributed by atoms with van der Waals surface area (Å²) in [5.41, 5.74) is 6.22. The molecule has 2 heterocycles. The smallest absolute Gasteiger partial charge is 0.274 e. The maximum Gasteiger partial charge on any atom is 0.274 e. The molecule has 2 aromatic heterocycles. The first-order chi connectivity index (χ1) is 12.4. The third kappa shape index (κ3) is 4.46. The summed E-state index contributed by atoms with van der Waals surface area (Å²) in [6.07, 6.45) is 6.30. The monoisotopic (exact) mass is 361 g/mol. The van der Waals surface area contributed by atoms with E-state index in [1.807, 2.05) is 0 Å². The number of amides is 1. The second-order valence-electron chi connectivity index (χ2n) is 7.49. The predicted octanol–water partition coefficient (Wildman–Crippen LogP) is 1.79. The molecule has 142 valence electrons. The molecule has 0 radical (unpaired) electrons. The van der Waals surface area contributed by atoms with Crippen LogP contribution in [0.1, 0.15) is 80.7 Å². The molecule has 9 heteroatoms. The van der Waals surface area contributed by atoms with Crippen LogP contribution in [0.25, 0.3) is 0 Å². The largest absolute Gasteiger partial charge is 0.339 e. The van der Waals surface area contributed by atoms with Crippen molar-refractivity contribution in [3.05, 3.63) is 23.6 Å². The highest BCUT2D eigenvalue weighted by Crippen LogP contribution is 2.26. The van der Waals surface area contributed by atoms with Gasteiger partial charge in [-0.15, -0.1) is 5.10 Å². The zero-order valence-electron chi connectivity index (χ0n) is 15.6. The first-order valence-corrected chi connectivity index (χ1v) is 9.23. The highest BCUT2D eigenvalue weighted by atomic mass is 16.5. The number of hydrogen-bond donors (Lipinski definition) is 2. The first kappa shape index (κ1) is 18.5. The molecule has 1 atom stereocenters. The van der Waals surface area contributed by atoms with E-state index in [1.54, 1.807) is 17.8 Å². The second-order valence-corrected chi connectivity index (χ2v) is 7.49. The lowest BCUT2D eigenvalue weighted by atomic mass is 9.92. The van der Waals surface area contributed by atoms with E-state index in [0.29, 0.717) is 17.6 Å². The number of hydrogen-bond acceptors (Lipinski definition) is 7. The Kier molecular flexibility index (Phi) is 5.65. The fraction of sp³-hybridized carbons (Fsp3) is 0.706. The van der Waals surface area contributed by atoms with Crippen LogP contribution in [0.3, 0.4) is 0 Å². The molecular formula is C17H27N7O2. The van der Waals surface area contributed by atoms with Gasteiger partial charge in [-0.3, -0.25) is 4.79 Å². The summed E-state index contributed by atoms with van der Waals surface area (Å²) in [6, 6.07) is 0.137. The zero-order valence-corrected chi connectivity index (χ0v) is 15.6. The van der Waals surface area contributed by atoms with E-state index in [4.69, 9.17) is 10.3 Å². The van der Waals surface area contributed by atoms with Crippen LogP contribution >= 0.6 is 0 Å². The van der Waals surface area contributed by atoms with Gasteiger partial charge in [-0.1, -0.05) is 24.2 Å². The number of nitrogens with two attached hydrogens (primary N) is 1. The lowest BCUT2D eigenvalue weighted by Gasteiger charge is -2.25. The first-order valence-electron chi connectivity index (χ1n) is 9.23. The average molecular weight is 361 g/mol. The highest BCUT2D eigenvalue weighted by molar-refractivity contribution is 5.92. The van der Waals surface area contributed by atoms with Gasteiger partial charge in [0.1, 0.15) is 6.04 Å². The Morgan fingerprint density at radius 3 is 2.77 bits per heavy atom. The molecule has 3 N–H and O–H groups in total. The van der Waals surface area contributed by atoms with Gasteiger partial charge in [0.15, 0.2) is 11.5 Å². The number of carbonyl (C=O) groups is 1. The molecule has 9 nitrogen and oxygen atoms in total. The summed E-state index contributed by atoms with van der Waals surface area (Å²) in [5, 5.41) is 14.9. The predicted molar refractivity (Wildman–Crippen MR) is 94.2 cm³/mol. The molecule has 0 aromatic carbocycles. The molecule has 0 saturated heterocycles. The molecule has 3 rings (SSSR count). The van der Waals surface area contributed by atoms with Gasteiger partial charge >= 0.3 is 0 Å². The van der Waals surface area contributed by atoms with Crippen LogP contribution in [0, 0.1) is 5.92 Å². The summed E-state index contributed by atoms with van der Waals surface area (Å²) in [4.78, 5) is 16.8. The molecule has 0 spiro atoms. The van der Waals surface area contributed by atoms with Gasteiger partial charge in [-0.05, 0) is 38.5 Å². The summed E-state index contributed by atoms with van der Waals surface area (Å²) in [6.45, 7) is 5.98. The van der Waals surface area contributed by atoms with Crippen molar-refractivity contribution in [2.45, 2.75) is 71.0 Å². The van der Waals surface area contributed by atoms with Crippen molar-refractivity contribution >= 4 is 5.91 Å². The minimum absolute atomic E-state index is 0.260. The van der Waals surface area contributed by atoms with E-state index in [9.17, 15) is 4.79 Å². The van der Waals surface area contributed by atoms with Crippen LogP contribution in [-0.2, 0) is 6.42 Å². The van der Waals surface area contributed by atoms with Crippen molar-refractivity contribution < 1.29 is 9.32 Å². The normalized spacial score (nSPS) is 21.7. The Hall–Kier alpha value is -2.29. The van der Waals surface area contributed by atoms with Crippen LogP contribution in [0.15, 0.2) is 10.7 Å². The second kappa shape index (κ2) is 7.94. The number of nitrogens with one attached hydrogen (secondary N) is 1. The molecule has 1 saturated carbocycles. The lowest BCUT2D eigenvalue weighted by Crippen LogP contribution is -2.28. The van der Waals surface area contributed by atoms with Gasteiger partial charge in [0, 0.05) is 12.5 Å². The molecular weight excluding hydrogens is 334 g/mol. The van der Waals surface area contributed by atoms with Crippen molar-refractivity contribution in [2.24, 2.45) is 11.7 Å². The van der Waals surface area contributed by atoms with Crippen LogP contribution in [-0.4, -0.2) is 37.1 Å². The molecule has 0 unspecified atom stereocenters. The Morgan fingerprint density at radius 2 is 2.08 bits per heavy atom. The average Bonchev–Trinajstić information content (AvgIpc) is 3.24. The van der Waals surface area contributed by atoms with E-state index in [-0.39, 0.29) is 23.7 Å². The van der Waals surface area contributed by atoms with E-state index >= 15 is 0 Å². The van der Waals surface area contributed by atoms with Crippen molar-refractivity contribution in [3.63, 3.8) is 0 Å². The molecule has 1 aliphatic carbocycles. The lowest BCUT2D eigenvalue weighted by molar-refractivity contribution is 0.0927. The number of aromatic nitrogens is 5. The van der Waals surface area contributed by atoms with E-state index in [2.05, 4.69) is 39.6 Å². The van der Waals surface area contributed by atoms with Crippen molar-refractivity contribution in [3.8, 4) is 0 Å². The SMILES string of the molecule is CC(C)Cc1noc([C@H](C)NC(=O)c2cn(C3CCC(N)CC3)nn2)n1. The fourth-order valence-electron chi connectivity index (χ4n) is 3.15. The summed E-state index contributed by atoms with van der Waals surface area (Å²) < 4.78 is 7.02. The van der Waals surface area contributed by atoms with Crippen molar-refractivity contribution in [2.75, 3.05) is 0 Å². The third-order valence-corrected chi connectivity index (χ3v) is 4.65. The summed E-state index contributed by atoms with van der Waals surface area (Å²) in [7, 11) is 0. The fourth-order valence-corrected chi connectivity index (χ4v) is 3.15. The summed E-state index contributed by atoms with van der Waals surface area (Å²) in [5.74, 6) is 1.18. The molecule has 0 aliphatic heterocycles. The Morgan fingerprint density at radius 1 is 1.35 bits per heavy atom. The Labute approximate surface area is 152 Å². The number of nitrogens with zero attached hydrogens (tertiary/aromatic N) is 5. The Bertz CT molecular complexity index is 731. The molecule has 0 bridgehead atoms. The van der Waals surface area contributed by atoms with Gasteiger partial charge in [-0.2, -0.15) is 4.98 Å². The summed E-state index contributed by atoms with van der Waals surface area (Å²) >= 11 is 0. The van der Waals surface area contributed by atoms with Gasteiger partial charge < -0.3 is 15.6 Å². The standard InChI is InChI=1S/C17H27N7O2/c1-10(2)8-15-20-17(26-22-15)11(3)19-16(25)14-9-24(23-21-14)13-6-4-12(18)5-7-13/h9-13H,4-8,18H2,1-3H3,(H,19,25)/t11-,12?,13?/m0/s1. The van der Waals surface area contributed by atoms with Crippen molar-refractivity contribution in [1.29, 1.82) is 0 Å². The van der Waals surface area contributed by atoms with E-state index in [1.165, 1.54) is 0 Å². The van der Waals surface area contributed by atoms with Crippen LogP contribution in [0.4, 0.5) is 0 Å². The molecule has 2 aromatic rings. The topological polar surface area (TPSA) is 125 Å². The van der Waals surface area contributed by atoms with Gasteiger partial charge in [0.2, 0.25) is 5.89 Å². The maximum atomic E-state index is 12.4. The number of rotatable bonds is 6. The van der Waals surface area contributed by atoms with E-state index < -0.39 is 6.04 Å². The van der Waals surface area contributed by atoms with Crippen LogP contribution in [0.2, 0.25) is 0 Å². The minimum Gasteiger partial charge on any atom is -0.339 e. The zero-order chi connectivity index (χ0) is 18.7. The number of carbonyl (C=O) groups excluding carboxylic acids is 1. The molecule has 1 aliphatic rings. The molecule has 1 fully saturated rings. The third-order valence-electron chi connectivity index (χ3n) is 4.65. The van der Waals surface area contributed by atoms with E-state index in [0.717, 1.165) is 32.1 Å². The molecule has 1 amide bonds. The van der Waals surface area contributed by atoms with Crippen molar-refractivity contribution in [1.82, 2.24) is 30.5 Å². The van der Waals surface area contributed by atoms with Gasteiger partial charge in [0.25, 0.3) is 5.91 Å². The van der Waals surface area contributed by atoms with Gasteiger partial charge in [-0.25, -0.2) is 4.68 Å². The quantitative estimate of drug-likeness (QED) is 0.803. The van der Waals surface area contributed by atoms with Crippen LogP contribution < -0.4 is 11.1 Å². The van der Waals surface area contributed by atoms with Gasteiger partial charge in [0.05, 0.1) is 12.2 Å². The van der Waals surface area contributed by atoms with Crippen LogP contribution in [0.5, 0.6) is 0 Å².